The molecule has 1 aromatic rings. The zero-order chi connectivity index (χ0) is 13.9. The van der Waals surface area contributed by atoms with Crippen molar-refractivity contribution < 1.29 is 13.2 Å². The Balaban J connectivity index is 3.16. The van der Waals surface area contributed by atoms with Gasteiger partial charge in [0.25, 0.3) is 9.05 Å². The van der Waals surface area contributed by atoms with E-state index in [1.165, 1.54) is 11.8 Å². The van der Waals surface area contributed by atoms with Crippen molar-refractivity contribution in [2.24, 2.45) is 0 Å². The van der Waals surface area contributed by atoms with Crippen molar-refractivity contribution in [2.75, 3.05) is 27.7 Å². The number of hydrogen-bond donors (Lipinski definition) is 0. The molecule has 1 heterocycles. The number of halogens is 2. The summed E-state index contributed by atoms with van der Waals surface area (Å²) < 4.78 is 29.2. The zero-order valence-corrected chi connectivity index (χ0v) is 12.7. The molecule has 18 heavy (non-hydrogen) atoms. The fourth-order valence-corrected chi connectivity index (χ4v) is 3.22. The van der Waals surface area contributed by atoms with Crippen LogP contribution < -0.4 is 0 Å². The van der Waals surface area contributed by atoms with Crippen LogP contribution in [0.3, 0.4) is 0 Å². The number of aromatic nitrogens is 2. The second-order valence-electron chi connectivity index (χ2n) is 3.96. The molecule has 9 heteroatoms. The summed E-state index contributed by atoms with van der Waals surface area (Å²) in [6.07, 6.45) is 0. The van der Waals surface area contributed by atoms with E-state index in [-0.39, 0.29) is 22.3 Å². The lowest BCUT2D eigenvalue weighted by molar-refractivity contribution is 0.178. The molecule has 0 spiro atoms. The van der Waals surface area contributed by atoms with Crippen molar-refractivity contribution in [1.29, 1.82) is 0 Å². The number of hydrogen-bond acceptors (Lipinski definition) is 5. The third-order valence-corrected chi connectivity index (χ3v) is 4.08. The first-order valence-electron chi connectivity index (χ1n) is 5.11. The Hall–Kier alpha value is -0.340. The Morgan fingerprint density at radius 3 is 2.50 bits per heavy atom. The number of ether oxygens (including phenoxy) is 1. The van der Waals surface area contributed by atoms with Gasteiger partial charge >= 0.3 is 0 Å². The number of rotatable bonds is 6. The van der Waals surface area contributed by atoms with Gasteiger partial charge in [0, 0.05) is 24.3 Å². The topological polar surface area (TPSA) is 64.4 Å². The van der Waals surface area contributed by atoms with E-state index in [9.17, 15) is 8.42 Å². The third-order valence-electron chi connectivity index (χ3n) is 2.20. The summed E-state index contributed by atoms with van der Waals surface area (Å²) in [5.41, 5.74) is 0.219. The summed E-state index contributed by atoms with van der Waals surface area (Å²) in [6.45, 7) is 1.18. The van der Waals surface area contributed by atoms with E-state index in [0.29, 0.717) is 13.1 Å². The van der Waals surface area contributed by atoms with Crippen LogP contribution in [-0.2, 0) is 26.9 Å². The molecule has 0 aromatic carbocycles. The van der Waals surface area contributed by atoms with Gasteiger partial charge in [0.15, 0.2) is 0 Å². The molecule has 0 aliphatic heterocycles. The largest absolute Gasteiger partial charge is 0.378 e. The lowest BCUT2D eigenvalue weighted by Crippen LogP contribution is -2.19. The van der Waals surface area contributed by atoms with Crippen LogP contribution in [0.25, 0.3) is 0 Å². The molecule has 104 valence electrons. The third kappa shape index (κ3) is 3.83. The van der Waals surface area contributed by atoms with E-state index in [4.69, 9.17) is 27.0 Å². The van der Waals surface area contributed by atoms with E-state index in [0.717, 1.165) is 0 Å². The highest BCUT2D eigenvalue weighted by molar-refractivity contribution is 8.13. The average Bonchev–Trinajstić information content (AvgIpc) is 2.52. The van der Waals surface area contributed by atoms with Crippen LogP contribution in [0.1, 0.15) is 5.69 Å². The van der Waals surface area contributed by atoms with Gasteiger partial charge in [-0.05, 0) is 14.1 Å². The van der Waals surface area contributed by atoms with Gasteiger partial charge in [-0.15, -0.1) is 0 Å². The smallest absolute Gasteiger partial charge is 0.266 e. The minimum atomic E-state index is -3.94. The number of nitrogens with zero attached hydrogens (tertiary/aromatic N) is 3. The lowest BCUT2D eigenvalue weighted by Gasteiger charge is -2.09. The molecule has 0 unspecified atom stereocenters. The van der Waals surface area contributed by atoms with Crippen LogP contribution in [0, 0.1) is 0 Å². The van der Waals surface area contributed by atoms with Crippen LogP contribution in [-0.4, -0.2) is 50.8 Å². The Bertz CT molecular complexity index is 513. The maximum absolute atomic E-state index is 11.5. The molecule has 0 amide bonds. The van der Waals surface area contributed by atoms with Crippen LogP contribution in [0.2, 0.25) is 5.15 Å². The standard InChI is InChI=1S/C9H15Cl2N3O3S/c1-13(2)4-5-14-9(10)8(18(11,15)16)7(12-14)6-17-3/h4-6H2,1-3H3. The summed E-state index contributed by atoms with van der Waals surface area (Å²) in [7, 11) is 6.64. The fourth-order valence-electron chi connectivity index (χ4n) is 1.39. The highest BCUT2D eigenvalue weighted by atomic mass is 35.7. The maximum atomic E-state index is 11.5. The molecule has 1 rings (SSSR count). The Morgan fingerprint density at radius 1 is 1.44 bits per heavy atom. The molecule has 0 fully saturated rings. The monoisotopic (exact) mass is 315 g/mol. The normalized spacial score (nSPS) is 12.3. The number of likely N-dealkylation sites (N-methyl/N-ethyl adjacent to an activating group) is 1. The highest BCUT2D eigenvalue weighted by Gasteiger charge is 2.26. The molecule has 0 aliphatic carbocycles. The molecule has 0 aliphatic rings. The summed E-state index contributed by atoms with van der Waals surface area (Å²) in [5, 5.41) is 4.12. The minimum Gasteiger partial charge on any atom is -0.378 e. The molecule has 6 nitrogen and oxygen atoms in total. The van der Waals surface area contributed by atoms with Crippen LogP contribution in [0.5, 0.6) is 0 Å². The van der Waals surface area contributed by atoms with Crippen molar-refractivity contribution in [2.45, 2.75) is 18.0 Å². The summed E-state index contributed by atoms with van der Waals surface area (Å²) in [5.74, 6) is 0. The van der Waals surface area contributed by atoms with E-state index < -0.39 is 9.05 Å². The van der Waals surface area contributed by atoms with E-state index in [2.05, 4.69) is 5.10 Å². The van der Waals surface area contributed by atoms with Gasteiger partial charge in [-0.1, -0.05) is 11.6 Å². The van der Waals surface area contributed by atoms with Gasteiger partial charge in [0.1, 0.15) is 15.7 Å². The van der Waals surface area contributed by atoms with Crippen molar-refractivity contribution in [3.05, 3.63) is 10.8 Å². The molecule has 0 saturated heterocycles. The van der Waals surface area contributed by atoms with Crippen molar-refractivity contribution in [1.82, 2.24) is 14.7 Å². The Morgan fingerprint density at radius 2 is 2.06 bits per heavy atom. The Labute approximate surface area is 116 Å². The Kier molecular flexibility index (Phi) is 5.42. The molecular formula is C9H15Cl2N3O3S. The molecule has 0 atom stereocenters. The molecule has 0 N–H and O–H groups in total. The second-order valence-corrected chi connectivity index (χ2v) is 6.82. The van der Waals surface area contributed by atoms with Crippen molar-refractivity contribution in [3.63, 3.8) is 0 Å². The average molecular weight is 316 g/mol. The minimum absolute atomic E-state index is 0.0129. The van der Waals surface area contributed by atoms with Gasteiger partial charge in [0.2, 0.25) is 0 Å². The highest BCUT2D eigenvalue weighted by Crippen LogP contribution is 2.28. The SMILES string of the molecule is COCc1nn(CCN(C)C)c(Cl)c1S(=O)(=O)Cl. The van der Waals surface area contributed by atoms with Gasteiger partial charge in [-0.3, -0.25) is 4.68 Å². The molecule has 1 aromatic heterocycles. The van der Waals surface area contributed by atoms with E-state index in [1.54, 1.807) is 0 Å². The van der Waals surface area contributed by atoms with Crippen LogP contribution in [0.15, 0.2) is 4.90 Å². The van der Waals surface area contributed by atoms with Gasteiger partial charge in [-0.2, -0.15) is 5.10 Å². The van der Waals surface area contributed by atoms with Crippen molar-refractivity contribution in [3.8, 4) is 0 Å². The van der Waals surface area contributed by atoms with Crippen LogP contribution >= 0.6 is 22.3 Å². The number of methoxy groups -OCH3 is 1. The zero-order valence-electron chi connectivity index (χ0n) is 10.4. The summed E-state index contributed by atoms with van der Waals surface area (Å²) >= 11 is 6.00. The molecule has 0 bridgehead atoms. The predicted octanol–water partition coefficient (Wildman–Crippen LogP) is 1.17. The quantitative estimate of drug-likeness (QED) is 0.737. The van der Waals surface area contributed by atoms with E-state index >= 15 is 0 Å². The summed E-state index contributed by atoms with van der Waals surface area (Å²) in [6, 6.07) is 0. The van der Waals surface area contributed by atoms with E-state index in [1.807, 2.05) is 19.0 Å². The van der Waals surface area contributed by atoms with Gasteiger partial charge in [0.05, 0.1) is 13.2 Å². The predicted molar refractivity (Wildman–Crippen MR) is 69.5 cm³/mol. The van der Waals surface area contributed by atoms with Crippen molar-refractivity contribution >= 4 is 31.3 Å². The molecule has 0 radical (unpaired) electrons. The summed E-state index contributed by atoms with van der Waals surface area (Å²) in [4.78, 5) is 1.76. The van der Waals surface area contributed by atoms with Crippen LogP contribution in [0.4, 0.5) is 0 Å². The fraction of sp³-hybridized carbons (Fsp3) is 0.667. The van der Waals surface area contributed by atoms with Gasteiger partial charge in [-0.25, -0.2) is 8.42 Å². The molecular weight excluding hydrogens is 301 g/mol. The first kappa shape index (κ1) is 15.7. The first-order chi connectivity index (χ1) is 8.27. The second kappa shape index (κ2) is 6.21. The maximum Gasteiger partial charge on any atom is 0.266 e. The molecule has 0 saturated carbocycles. The first-order valence-corrected chi connectivity index (χ1v) is 7.79. The lowest BCUT2D eigenvalue weighted by atomic mass is 10.5. The van der Waals surface area contributed by atoms with Gasteiger partial charge < -0.3 is 9.64 Å².